The van der Waals surface area contributed by atoms with E-state index >= 15 is 0 Å². The van der Waals surface area contributed by atoms with E-state index in [0.717, 1.165) is 33.9 Å². The quantitative estimate of drug-likeness (QED) is 0.133. The van der Waals surface area contributed by atoms with Crippen molar-refractivity contribution in [3.63, 3.8) is 0 Å². The highest BCUT2D eigenvalue weighted by Gasteiger charge is 2.21. The number of hydrogen-bond donors (Lipinski definition) is 0. The van der Waals surface area contributed by atoms with Gasteiger partial charge in [0.2, 0.25) is 0 Å². The zero-order valence-corrected chi connectivity index (χ0v) is 41.8. The molecule has 0 aliphatic carbocycles. The molecule has 0 bridgehead atoms. The maximum atomic E-state index is 2.43. The summed E-state index contributed by atoms with van der Waals surface area (Å²) in [4.78, 5) is 2.40. The largest absolute Gasteiger partial charge is 0.310 e. The molecular formula is C74H50N2. The first-order valence-corrected chi connectivity index (χ1v) is 26.1. The van der Waals surface area contributed by atoms with Crippen molar-refractivity contribution in [3.05, 3.63) is 303 Å². The van der Waals surface area contributed by atoms with Crippen LogP contribution in [0.3, 0.4) is 0 Å². The van der Waals surface area contributed by atoms with E-state index in [-0.39, 0.29) is 0 Å². The number of hydrogen-bond acceptors (Lipinski definition) is 1. The van der Waals surface area contributed by atoms with Gasteiger partial charge in [0.1, 0.15) is 0 Å². The molecule has 0 saturated heterocycles. The second-order valence-corrected chi connectivity index (χ2v) is 19.7. The summed E-state index contributed by atoms with van der Waals surface area (Å²) in [5.74, 6) is 0. The molecule has 0 unspecified atom stereocenters. The van der Waals surface area contributed by atoms with E-state index in [0.29, 0.717) is 0 Å². The molecule has 0 amide bonds. The predicted octanol–water partition coefficient (Wildman–Crippen LogP) is 20.6. The molecule has 14 aromatic rings. The number of para-hydroxylation sites is 1. The zero-order valence-electron chi connectivity index (χ0n) is 41.8. The molecule has 13 aromatic carbocycles. The summed E-state index contributed by atoms with van der Waals surface area (Å²) in [6.45, 7) is 0. The SMILES string of the molecule is c1ccc(-c2cc(-c3ccccc3)cc(-c3ccc(N(c4ccc(-c5ccc(-c6cccc7ccccc67)cc5)cc4)c4cccc(-c5cccc6c5c5c7ccccc7ccc5n6-c5ccccc5)c4)cc3)c2)cc1. The lowest BCUT2D eigenvalue weighted by Crippen LogP contribution is -2.10. The summed E-state index contributed by atoms with van der Waals surface area (Å²) in [6, 6.07) is 111. The van der Waals surface area contributed by atoms with E-state index in [9.17, 15) is 0 Å². The van der Waals surface area contributed by atoms with Crippen LogP contribution >= 0.6 is 0 Å². The van der Waals surface area contributed by atoms with Gasteiger partial charge in [0, 0.05) is 33.5 Å². The average molecular weight is 967 g/mol. The van der Waals surface area contributed by atoms with E-state index in [2.05, 4.69) is 313 Å². The van der Waals surface area contributed by atoms with Gasteiger partial charge in [0.05, 0.1) is 11.0 Å². The van der Waals surface area contributed by atoms with Crippen molar-refractivity contribution in [2.75, 3.05) is 4.90 Å². The van der Waals surface area contributed by atoms with Crippen LogP contribution in [0.5, 0.6) is 0 Å². The molecule has 0 saturated carbocycles. The van der Waals surface area contributed by atoms with Crippen LogP contribution in [0.2, 0.25) is 0 Å². The molecule has 2 nitrogen and oxygen atoms in total. The number of fused-ring (bicyclic) bond motifs is 6. The van der Waals surface area contributed by atoms with Crippen molar-refractivity contribution in [1.29, 1.82) is 0 Å². The van der Waals surface area contributed by atoms with Gasteiger partial charge in [0.25, 0.3) is 0 Å². The Kier molecular flexibility index (Phi) is 11.2. The summed E-state index contributed by atoms with van der Waals surface area (Å²) in [6.07, 6.45) is 0. The molecular weight excluding hydrogens is 917 g/mol. The van der Waals surface area contributed by atoms with Gasteiger partial charge in [-0.3, -0.25) is 0 Å². The van der Waals surface area contributed by atoms with Crippen molar-refractivity contribution in [3.8, 4) is 72.4 Å². The minimum atomic E-state index is 1.07. The molecule has 0 fully saturated rings. The molecule has 14 rings (SSSR count). The third kappa shape index (κ3) is 8.10. The third-order valence-electron chi connectivity index (χ3n) is 15.2. The van der Waals surface area contributed by atoms with Gasteiger partial charge < -0.3 is 9.47 Å². The molecule has 2 heteroatoms. The molecule has 0 aliphatic rings. The van der Waals surface area contributed by atoms with E-state index in [1.165, 1.54) is 99.0 Å². The summed E-state index contributed by atoms with van der Waals surface area (Å²) >= 11 is 0. The molecule has 356 valence electrons. The second-order valence-electron chi connectivity index (χ2n) is 19.7. The van der Waals surface area contributed by atoms with Crippen LogP contribution < -0.4 is 4.90 Å². The first-order valence-electron chi connectivity index (χ1n) is 26.1. The molecule has 76 heavy (non-hydrogen) atoms. The normalized spacial score (nSPS) is 11.4. The van der Waals surface area contributed by atoms with E-state index in [4.69, 9.17) is 0 Å². The van der Waals surface area contributed by atoms with Gasteiger partial charge in [-0.25, -0.2) is 0 Å². The minimum absolute atomic E-state index is 1.07. The van der Waals surface area contributed by atoms with Crippen molar-refractivity contribution in [1.82, 2.24) is 4.57 Å². The van der Waals surface area contributed by atoms with Crippen molar-refractivity contribution < 1.29 is 0 Å². The van der Waals surface area contributed by atoms with Crippen molar-refractivity contribution in [2.45, 2.75) is 0 Å². The Hall–Kier alpha value is -10.0. The van der Waals surface area contributed by atoms with Crippen LogP contribution in [-0.4, -0.2) is 4.57 Å². The standard InChI is InChI=1S/C74H50N2/c1-4-17-51(18-5-1)60-47-61(52-19-6-2-7-20-52)49-62(48-60)55-39-44-65(45-40-55)75(64-42-37-54(38-43-64)53-33-35-58(36-34-53)68-30-15-23-56-21-10-12-28-67(56)68)66-27-14-24-59(50-66)70-31-16-32-71-74(70)73-69-29-13-11-22-57(69)41-46-72(73)76(71)63-25-8-3-9-26-63/h1-50H. The first kappa shape index (κ1) is 44.7. The Bertz CT molecular complexity index is 4340. The van der Waals surface area contributed by atoms with Crippen LogP contribution in [-0.2, 0) is 0 Å². The van der Waals surface area contributed by atoms with Gasteiger partial charge in [0.15, 0.2) is 0 Å². The number of anilines is 3. The number of aromatic nitrogens is 1. The highest BCUT2D eigenvalue weighted by atomic mass is 15.1. The van der Waals surface area contributed by atoms with Crippen LogP contribution in [0.1, 0.15) is 0 Å². The van der Waals surface area contributed by atoms with Crippen LogP contribution in [0.4, 0.5) is 17.1 Å². The average Bonchev–Trinajstić information content (AvgIpc) is 3.87. The molecule has 0 spiro atoms. The van der Waals surface area contributed by atoms with Gasteiger partial charge in [-0.15, -0.1) is 0 Å². The Labute approximate surface area is 443 Å². The monoisotopic (exact) mass is 966 g/mol. The lowest BCUT2D eigenvalue weighted by atomic mass is 9.93. The molecule has 0 N–H and O–H groups in total. The van der Waals surface area contributed by atoms with Gasteiger partial charge in [-0.05, 0) is 167 Å². The summed E-state index contributed by atoms with van der Waals surface area (Å²) < 4.78 is 2.43. The maximum Gasteiger partial charge on any atom is 0.0547 e. The van der Waals surface area contributed by atoms with Gasteiger partial charge >= 0.3 is 0 Å². The van der Waals surface area contributed by atoms with Gasteiger partial charge in [-0.2, -0.15) is 0 Å². The lowest BCUT2D eigenvalue weighted by molar-refractivity contribution is 1.18. The van der Waals surface area contributed by atoms with Crippen LogP contribution in [0.25, 0.3) is 116 Å². The third-order valence-corrected chi connectivity index (χ3v) is 15.2. The van der Waals surface area contributed by atoms with Crippen molar-refractivity contribution >= 4 is 60.4 Å². The zero-order chi connectivity index (χ0) is 50.4. The van der Waals surface area contributed by atoms with Crippen LogP contribution in [0.15, 0.2) is 303 Å². The lowest BCUT2D eigenvalue weighted by Gasteiger charge is -2.26. The summed E-state index contributed by atoms with van der Waals surface area (Å²) in [7, 11) is 0. The molecule has 1 heterocycles. The Morgan fingerprint density at radius 3 is 1.29 bits per heavy atom. The minimum Gasteiger partial charge on any atom is -0.310 e. The molecule has 1 aromatic heterocycles. The Morgan fingerprint density at radius 2 is 0.658 bits per heavy atom. The number of nitrogens with zero attached hydrogens (tertiary/aromatic N) is 2. The Morgan fingerprint density at radius 1 is 0.224 bits per heavy atom. The molecule has 0 atom stereocenters. The van der Waals surface area contributed by atoms with E-state index in [1.807, 2.05) is 0 Å². The summed E-state index contributed by atoms with van der Waals surface area (Å²) in [5.41, 5.74) is 21.0. The first-order chi connectivity index (χ1) is 37.7. The number of benzene rings is 13. The summed E-state index contributed by atoms with van der Waals surface area (Å²) in [5, 5.41) is 7.50. The highest BCUT2D eigenvalue weighted by Crippen LogP contribution is 2.45. The van der Waals surface area contributed by atoms with Gasteiger partial charge in [-0.1, -0.05) is 224 Å². The topological polar surface area (TPSA) is 8.17 Å². The fourth-order valence-electron chi connectivity index (χ4n) is 11.5. The second kappa shape index (κ2) is 19.1. The fraction of sp³-hybridized carbons (Fsp3) is 0. The van der Waals surface area contributed by atoms with E-state index in [1.54, 1.807) is 0 Å². The Balaban J connectivity index is 0.894. The highest BCUT2D eigenvalue weighted by molar-refractivity contribution is 6.25. The molecule has 0 radical (unpaired) electrons. The smallest absolute Gasteiger partial charge is 0.0547 e. The predicted molar refractivity (Wildman–Crippen MR) is 323 cm³/mol. The number of rotatable bonds is 10. The van der Waals surface area contributed by atoms with Crippen molar-refractivity contribution in [2.24, 2.45) is 0 Å². The fourth-order valence-corrected chi connectivity index (χ4v) is 11.5. The van der Waals surface area contributed by atoms with E-state index < -0.39 is 0 Å². The van der Waals surface area contributed by atoms with Crippen LogP contribution in [0, 0.1) is 0 Å². The molecule has 0 aliphatic heterocycles. The maximum absolute atomic E-state index is 2.43.